The zero-order chi connectivity index (χ0) is 19.1. The Morgan fingerprint density at radius 3 is 2.64 bits per heavy atom. The van der Waals surface area contributed by atoms with Crippen molar-refractivity contribution in [1.82, 2.24) is 15.0 Å². The highest BCUT2D eigenvalue weighted by atomic mass is 32.1. The highest BCUT2D eigenvalue weighted by Gasteiger charge is 2.14. The molecule has 0 unspecified atom stereocenters. The van der Waals surface area contributed by atoms with E-state index >= 15 is 0 Å². The number of hydrogen-bond acceptors (Lipinski definition) is 6. The maximum atomic E-state index is 12.6. The lowest BCUT2D eigenvalue weighted by atomic mass is 10.1. The summed E-state index contributed by atoms with van der Waals surface area (Å²) in [6.45, 7) is 1.98. The van der Waals surface area contributed by atoms with Gasteiger partial charge in [0.2, 0.25) is 0 Å². The maximum Gasteiger partial charge on any atom is 0.284 e. The number of thiazole rings is 2. The fourth-order valence-corrected chi connectivity index (χ4v) is 4.74. The number of pyridine rings is 1. The molecule has 0 atom stereocenters. The summed E-state index contributed by atoms with van der Waals surface area (Å²) in [6, 6.07) is 17.5. The minimum absolute atomic E-state index is 0.193. The van der Waals surface area contributed by atoms with E-state index in [0.717, 1.165) is 42.4 Å². The maximum absolute atomic E-state index is 12.6. The number of rotatable bonds is 3. The number of nitrogens with one attached hydrogen (secondary N) is 1. The SMILES string of the molecule is Cc1cc(-c2nc3cccnc3s2)ccc1NC(=O)c1nc2ccccc2s1. The number of benzene rings is 2. The van der Waals surface area contributed by atoms with Gasteiger partial charge in [0, 0.05) is 17.4 Å². The summed E-state index contributed by atoms with van der Waals surface area (Å²) < 4.78 is 1.00. The molecule has 1 N–H and O–H groups in total. The van der Waals surface area contributed by atoms with Gasteiger partial charge < -0.3 is 5.32 Å². The number of carbonyl (C=O) groups excluding carboxylic acids is 1. The van der Waals surface area contributed by atoms with Crippen molar-refractivity contribution in [2.45, 2.75) is 6.92 Å². The minimum atomic E-state index is -0.193. The van der Waals surface area contributed by atoms with Crippen molar-refractivity contribution in [2.24, 2.45) is 0 Å². The molecule has 0 spiro atoms. The molecule has 0 aliphatic carbocycles. The van der Waals surface area contributed by atoms with Crippen LogP contribution in [0.25, 0.3) is 31.1 Å². The van der Waals surface area contributed by atoms with Crippen LogP contribution in [-0.4, -0.2) is 20.9 Å². The molecule has 0 fully saturated rings. The number of anilines is 1. The number of hydrogen-bond donors (Lipinski definition) is 1. The van der Waals surface area contributed by atoms with E-state index in [1.54, 1.807) is 17.5 Å². The summed E-state index contributed by atoms with van der Waals surface area (Å²) in [5.74, 6) is -0.193. The van der Waals surface area contributed by atoms with Crippen LogP contribution in [0.15, 0.2) is 60.8 Å². The molecular weight excluding hydrogens is 388 g/mol. The quantitative estimate of drug-likeness (QED) is 0.431. The van der Waals surface area contributed by atoms with E-state index < -0.39 is 0 Å². The molecule has 28 heavy (non-hydrogen) atoms. The first kappa shape index (κ1) is 17.0. The topological polar surface area (TPSA) is 67.8 Å². The van der Waals surface area contributed by atoms with Gasteiger partial charge in [0.1, 0.15) is 15.4 Å². The zero-order valence-electron chi connectivity index (χ0n) is 14.8. The Labute approximate surface area is 168 Å². The summed E-state index contributed by atoms with van der Waals surface area (Å²) in [4.78, 5) is 27.0. The second kappa shape index (κ2) is 6.78. The molecule has 0 radical (unpaired) electrons. The van der Waals surface area contributed by atoms with E-state index in [4.69, 9.17) is 0 Å². The largest absolute Gasteiger partial charge is 0.320 e. The van der Waals surface area contributed by atoms with Gasteiger partial charge in [-0.2, -0.15) is 0 Å². The van der Waals surface area contributed by atoms with Crippen LogP contribution in [-0.2, 0) is 0 Å². The third kappa shape index (κ3) is 3.04. The van der Waals surface area contributed by atoms with Gasteiger partial charge >= 0.3 is 0 Å². The Morgan fingerprint density at radius 2 is 1.82 bits per heavy atom. The standard InChI is InChI=1S/C21H14N4OS2/c1-12-11-13(19-25-16-6-4-10-22-20(16)28-19)8-9-14(12)23-18(26)21-24-15-5-2-3-7-17(15)27-21/h2-11H,1H3,(H,23,26). The Bertz CT molecular complexity index is 1270. The van der Waals surface area contributed by atoms with Crippen LogP contribution in [0.3, 0.4) is 0 Å². The lowest BCUT2D eigenvalue weighted by Crippen LogP contribution is -2.12. The number of fused-ring (bicyclic) bond motifs is 2. The Kier molecular flexibility index (Phi) is 4.11. The zero-order valence-corrected chi connectivity index (χ0v) is 16.5. The third-order valence-corrected chi connectivity index (χ3v) is 6.44. The highest BCUT2D eigenvalue weighted by molar-refractivity contribution is 7.21. The van der Waals surface area contributed by atoms with E-state index in [1.165, 1.54) is 11.3 Å². The second-order valence-electron chi connectivity index (χ2n) is 6.32. The lowest BCUT2D eigenvalue weighted by molar-refractivity contribution is 0.102. The molecule has 0 bridgehead atoms. The van der Waals surface area contributed by atoms with Gasteiger partial charge in [0.15, 0.2) is 5.01 Å². The Morgan fingerprint density at radius 1 is 0.964 bits per heavy atom. The molecule has 0 saturated carbocycles. The van der Waals surface area contributed by atoms with E-state index in [2.05, 4.69) is 20.3 Å². The average Bonchev–Trinajstić information content (AvgIpc) is 3.33. The number of para-hydroxylation sites is 1. The van der Waals surface area contributed by atoms with Gasteiger partial charge in [0.05, 0.1) is 10.2 Å². The van der Waals surface area contributed by atoms with Crippen molar-refractivity contribution in [3.63, 3.8) is 0 Å². The van der Waals surface area contributed by atoms with Gasteiger partial charge in [-0.15, -0.1) is 11.3 Å². The first-order valence-corrected chi connectivity index (χ1v) is 10.3. The molecule has 5 nitrogen and oxygen atoms in total. The summed E-state index contributed by atoms with van der Waals surface area (Å²) in [5, 5.41) is 4.35. The van der Waals surface area contributed by atoms with Crippen molar-refractivity contribution in [1.29, 1.82) is 0 Å². The lowest BCUT2D eigenvalue weighted by Gasteiger charge is -2.08. The molecule has 0 aliphatic rings. The number of aryl methyl sites for hydroxylation is 1. The van der Waals surface area contributed by atoms with Crippen LogP contribution in [0.5, 0.6) is 0 Å². The minimum Gasteiger partial charge on any atom is -0.320 e. The molecule has 136 valence electrons. The average molecular weight is 403 g/mol. The molecule has 7 heteroatoms. The van der Waals surface area contributed by atoms with Gasteiger partial charge in [0.25, 0.3) is 5.91 Å². The van der Waals surface area contributed by atoms with Crippen LogP contribution in [0.2, 0.25) is 0 Å². The van der Waals surface area contributed by atoms with Crippen molar-refractivity contribution in [3.8, 4) is 10.6 Å². The summed E-state index contributed by atoms with van der Waals surface area (Å²) in [7, 11) is 0. The fraction of sp³-hybridized carbons (Fsp3) is 0.0476. The van der Waals surface area contributed by atoms with Crippen molar-refractivity contribution in [2.75, 3.05) is 5.32 Å². The van der Waals surface area contributed by atoms with Gasteiger partial charge in [-0.05, 0) is 55.0 Å². The van der Waals surface area contributed by atoms with Gasteiger partial charge in [-0.25, -0.2) is 15.0 Å². The monoisotopic (exact) mass is 402 g/mol. The smallest absolute Gasteiger partial charge is 0.284 e. The van der Waals surface area contributed by atoms with Crippen molar-refractivity contribution < 1.29 is 4.79 Å². The van der Waals surface area contributed by atoms with E-state index in [0.29, 0.717) is 5.01 Å². The molecule has 0 aliphatic heterocycles. The second-order valence-corrected chi connectivity index (χ2v) is 8.33. The highest BCUT2D eigenvalue weighted by Crippen LogP contribution is 2.31. The predicted molar refractivity (Wildman–Crippen MR) is 115 cm³/mol. The van der Waals surface area contributed by atoms with Gasteiger partial charge in [-0.1, -0.05) is 23.5 Å². The van der Waals surface area contributed by atoms with Gasteiger partial charge in [-0.3, -0.25) is 4.79 Å². The molecule has 3 aromatic heterocycles. The fourth-order valence-electron chi connectivity index (χ4n) is 2.98. The van der Waals surface area contributed by atoms with Crippen LogP contribution in [0.4, 0.5) is 5.69 Å². The molecule has 2 aromatic carbocycles. The predicted octanol–water partition coefficient (Wildman–Crippen LogP) is 5.53. The van der Waals surface area contributed by atoms with Crippen LogP contribution < -0.4 is 5.32 Å². The molecule has 0 saturated heterocycles. The van der Waals surface area contributed by atoms with Crippen LogP contribution in [0.1, 0.15) is 15.4 Å². The van der Waals surface area contributed by atoms with E-state index in [-0.39, 0.29) is 5.91 Å². The first-order valence-electron chi connectivity index (χ1n) is 8.67. The summed E-state index contributed by atoms with van der Waals surface area (Å²) in [5.41, 5.74) is 4.49. The first-order chi connectivity index (χ1) is 13.7. The number of nitrogens with zero attached hydrogens (tertiary/aromatic N) is 3. The van der Waals surface area contributed by atoms with Crippen molar-refractivity contribution in [3.05, 3.63) is 71.4 Å². The Balaban J connectivity index is 1.42. The number of amides is 1. The molecule has 1 amide bonds. The third-order valence-electron chi connectivity index (χ3n) is 4.38. The van der Waals surface area contributed by atoms with Crippen molar-refractivity contribution >= 4 is 54.8 Å². The number of aromatic nitrogens is 3. The van der Waals surface area contributed by atoms with E-state index in [1.807, 2.05) is 61.5 Å². The van der Waals surface area contributed by atoms with Crippen LogP contribution >= 0.6 is 22.7 Å². The molecule has 5 rings (SSSR count). The molecule has 5 aromatic rings. The molecular formula is C21H14N4OS2. The number of carbonyl (C=O) groups is 1. The summed E-state index contributed by atoms with van der Waals surface area (Å²) in [6.07, 6.45) is 1.77. The Hall–Kier alpha value is -3.16. The summed E-state index contributed by atoms with van der Waals surface area (Å²) >= 11 is 2.95. The van der Waals surface area contributed by atoms with E-state index in [9.17, 15) is 4.79 Å². The normalized spacial score (nSPS) is 11.2. The van der Waals surface area contributed by atoms with Crippen LogP contribution in [0, 0.1) is 6.92 Å². The molecule has 3 heterocycles.